The van der Waals surface area contributed by atoms with Crippen LogP contribution in [-0.2, 0) is 0 Å². The summed E-state index contributed by atoms with van der Waals surface area (Å²) in [5.74, 6) is -0.0876. The van der Waals surface area contributed by atoms with E-state index in [9.17, 15) is 4.79 Å². The standard InChI is InChI=1S/C13H16N4O/c1-2-16-5-7-17(8-6-16)13(18)12-10-15-4-3-11(12)9-14/h3-4,10H,2,5-8H2,1H3. The molecule has 1 fully saturated rings. The number of pyridine rings is 1. The van der Waals surface area contributed by atoms with Crippen molar-refractivity contribution in [3.05, 3.63) is 29.6 Å². The molecule has 0 aliphatic carbocycles. The monoisotopic (exact) mass is 244 g/mol. The Kier molecular flexibility index (Phi) is 3.90. The first-order valence-electron chi connectivity index (χ1n) is 6.12. The Labute approximate surface area is 107 Å². The van der Waals surface area contributed by atoms with Gasteiger partial charge in [0.15, 0.2) is 0 Å². The highest BCUT2D eigenvalue weighted by molar-refractivity contribution is 5.96. The topological polar surface area (TPSA) is 60.2 Å². The van der Waals surface area contributed by atoms with Gasteiger partial charge >= 0.3 is 0 Å². The van der Waals surface area contributed by atoms with Crippen LogP contribution in [0.5, 0.6) is 0 Å². The molecule has 0 saturated carbocycles. The van der Waals surface area contributed by atoms with Crippen LogP contribution in [0.15, 0.2) is 18.5 Å². The summed E-state index contributed by atoms with van der Waals surface area (Å²) in [4.78, 5) is 20.3. The van der Waals surface area contributed by atoms with Crippen LogP contribution in [0, 0.1) is 11.3 Å². The normalized spacial score (nSPS) is 16.3. The Balaban J connectivity index is 2.11. The van der Waals surface area contributed by atoms with E-state index in [-0.39, 0.29) is 5.91 Å². The van der Waals surface area contributed by atoms with Gasteiger partial charge in [-0.15, -0.1) is 0 Å². The molecule has 1 aliphatic rings. The number of rotatable bonds is 2. The molecule has 0 N–H and O–H groups in total. The zero-order valence-electron chi connectivity index (χ0n) is 10.5. The predicted molar refractivity (Wildman–Crippen MR) is 67.0 cm³/mol. The Hall–Kier alpha value is -1.93. The summed E-state index contributed by atoms with van der Waals surface area (Å²) in [6, 6.07) is 3.62. The fourth-order valence-electron chi connectivity index (χ4n) is 2.10. The Bertz CT molecular complexity index is 472. The number of nitriles is 1. The van der Waals surface area contributed by atoms with E-state index in [4.69, 9.17) is 5.26 Å². The molecule has 1 aromatic rings. The first kappa shape index (κ1) is 12.5. The summed E-state index contributed by atoms with van der Waals surface area (Å²) in [5.41, 5.74) is 0.804. The van der Waals surface area contributed by atoms with Gasteiger partial charge in [-0.05, 0) is 12.6 Å². The summed E-state index contributed by atoms with van der Waals surface area (Å²) in [6.45, 7) is 6.35. The van der Waals surface area contributed by atoms with Crippen molar-refractivity contribution in [3.63, 3.8) is 0 Å². The minimum atomic E-state index is -0.0876. The third kappa shape index (κ3) is 2.49. The number of hydrogen-bond donors (Lipinski definition) is 0. The number of carbonyl (C=O) groups excluding carboxylic acids is 1. The SMILES string of the molecule is CCN1CCN(C(=O)c2cnccc2C#N)CC1. The largest absolute Gasteiger partial charge is 0.336 e. The first-order chi connectivity index (χ1) is 8.76. The van der Waals surface area contributed by atoms with Crippen LogP contribution in [0.25, 0.3) is 0 Å². The summed E-state index contributed by atoms with van der Waals surface area (Å²) in [7, 11) is 0. The average Bonchev–Trinajstić information content (AvgIpc) is 2.46. The fraction of sp³-hybridized carbons (Fsp3) is 0.462. The van der Waals surface area contributed by atoms with Crippen molar-refractivity contribution in [2.45, 2.75) is 6.92 Å². The second-order valence-electron chi connectivity index (χ2n) is 4.26. The number of hydrogen-bond acceptors (Lipinski definition) is 4. The molecule has 1 amide bonds. The maximum absolute atomic E-state index is 12.3. The molecule has 94 valence electrons. The van der Waals surface area contributed by atoms with Crippen molar-refractivity contribution < 1.29 is 4.79 Å². The minimum Gasteiger partial charge on any atom is -0.336 e. The van der Waals surface area contributed by atoms with Gasteiger partial charge in [-0.3, -0.25) is 9.78 Å². The quantitative estimate of drug-likeness (QED) is 0.769. The van der Waals surface area contributed by atoms with Crippen LogP contribution in [0.4, 0.5) is 0 Å². The van der Waals surface area contributed by atoms with Crippen molar-refractivity contribution >= 4 is 5.91 Å². The number of nitrogens with zero attached hydrogens (tertiary/aromatic N) is 4. The predicted octanol–water partition coefficient (Wildman–Crippen LogP) is 0.731. The van der Waals surface area contributed by atoms with Crippen LogP contribution in [0.3, 0.4) is 0 Å². The van der Waals surface area contributed by atoms with Crippen molar-refractivity contribution in [3.8, 4) is 6.07 Å². The number of amides is 1. The highest BCUT2D eigenvalue weighted by Crippen LogP contribution is 2.11. The molecule has 0 bridgehead atoms. The highest BCUT2D eigenvalue weighted by Gasteiger charge is 2.23. The molecule has 0 unspecified atom stereocenters. The van der Waals surface area contributed by atoms with Crippen molar-refractivity contribution in [2.24, 2.45) is 0 Å². The molecule has 1 saturated heterocycles. The second-order valence-corrected chi connectivity index (χ2v) is 4.26. The number of piperazine rings is 1. The van der Waals surface area contributed by atoms with E-state index >= 15 is 0 Å². The van der Waals surface area contributed by atoms with Gasteiger partial charge in [0, 0.05) is 38.6 Å². The average molecular weight is 244 g/mol. The lowest BCUT2D eigenvalue weighted by atomic mass is 10.1. The Morgan fingerprint density at radius 2 is 2.17 bits per heavy atom. The molecule has 18 heavy (non-hydrogen) atoms. The zero-order valence-corrected chi connectivity index (χ0v) is 10.5. The number of aromatic nitrogens is 1. The molecule has 0 aromatic carbocycles. The van der Waals surface area contributed by atoms with Gasteiger partial charge in [0.1, 0.15) is 6.07 Å². The summed E-state index contributed by atoms with van der Waals surface area (Å²) in [5, 5.41) is 8.99. The van der Waals surface area contributed by atoms with Crippen molar-refractivity contribution in [1.82, 2.24) is 14.8 Å². The maximum Gasteiger partial charge on any atom is 0.256 e. The van der Waals surface area contributed by atoms with Gasteiger partial charge in [-0.25, -0.2) is 0 Å². The molecule has 0 radical (unpaired) electrons. The first-order valence-corrected chi connectivity index (χ1v) is 6.12. The lowest BCUT2D eigenvalue weighted by molar-refractivity contribution is 0.0642. The molecule has 1 aromatic heterocycles. The van der Waals surface area contributed by atoms with E-state index in [0.29, 0.717) is 24.2 Å². The summed E-state index contributed by atoms with van der Waals surface area (Å²) in [6.07, 6.45) is 3.01. The van der Waals surface area contributed by atoms with Gasteiger partial charge in [-0.2, -0.15) is 5.26 Å². The van der Waals surface area contributed by atoms with Gasteiger partial charge in [0.05, 0.1) is 11.1 Å². The Morgan fingerprint density at radius 1 is 1.44 bits per heavy atom. The minimum absolute atomic E-state index is 0.0876. The molecule has 2 heterocycles. The number of carbonyl (C=O) groups is 1. The highest BCUT2D eigenvalue weighted by atomic mass is 16.2. The van der Waals surface area contributed by atoms with E-state index in [1.54, 1.807) is 11.0 Å². The molecule has 0 spiro atoms. The Morgan fingerprint density at radius 3 is 2.78 bits per heavy atom. The molecule has 1 aliphatic heterocycles. The van der Waals surface area contributed by atoms with Crippen LogP contribution in [0.2, 0.25) is 0 Å². The van der Waals surface area contributed by atoms with Crippen molar-refractivity contribution in [2.75, 3.05) is 32.7 Å². The van der Waals surface area contributed by atoms with Crippen molar-refractivity contribution in [1.29, 1.82) is 5.26 Å². The molecule has 5 heteroatoms. The zero-order chi connectivity index (χ0) is 13.0. The van der Waals surface area contributed by atoms with E-state index in [1.807, 2.05) is 6.07 Å². The second kappa shape index (κ2) is 5.61. The lowest BCUT2D eigenvalue weighted by Gasteiger charge is -2.34. The molecular weight excluding hydrogens is 228 g/mol. The van der Waals surface area contributed by atoms with Gasteiger partial charge < -0.3 is 9.80 Å². The summed E-state index contributed by atoms with van der Waals surface area (Å²) >= 11 is 0. The van der Waals surface area contributed by atoms with E-state index in [1.165, 1.54) is 12.4 Å². The lowest BCUT2D eigenvalue weighted by Crippen LogP contribution is -2.48. The van der Waals surface area contributed by atoms with Crippen LogP contribution in [0.1, 0.15) is 22.8 Å². The van der Waals surface area contributed by atoms with E-state index in [0.717, 1.165) is 19.6 Å². The third-order valence-corrected chi connectivity index (χ3v) is 3.28. The summed E-state index contributed by atoms with van der Waals surface area (Å²) < 4.78 is 0. The van der Waals surface area contributed by atoms with E-state index in [2.05, 4.69) is 16.8 Å². The van der Waals surface area contributed by atoms with Gasteiger partial charge in [0.2, 0.25) is 0 Å². The molecular formula is C13H16N4O. The van der Waals surface area contributed by atoms with E-state index < -0.39 is 0 Å². The fourth-order valence-corrected chi connectivity index (χ4v) is 2.10. The maximum atomic E-state index is 12.3. The third-order valence-electron chi connectivity index (χ3n) is 3.28. The molecule has 0 atom stereocenters. The molecule has 5 nitrogen and oxygen atoms in total. The van der Waals surface area contributed by atoms with Crippen LogP contribution >= 0.6 is 0 Å². The van der Waals surface area contributed by atoms with Crippen LogP contribution < -0.4 is 0 Å². The molecule has 2 rings (SSSR count). The van der Waals surface area contributed by atoms with Crippen LogP contribution in [-0.4, -0.2) is 53.4 Å². The number of likely N-dealkylation sites (N-methyl/N-ethyl adjacent to an activating group) is 1. The van der Waals surface area contributed by atoms with Gasteiger partial charge in [0.25, 0.3) is 5.91 Å². The smallest absolute Gasteiger partial charge is 0.256 e. The van der Waals surface area contributed by atoms with Gasteiger partial charge in [-0.1, -0.05) is 6.92 Å².